The fraction of sp³-hybridized carbons (Fsp3) is 0.760. The highest BCUT2D eigenvalue weighted by Gasteiger charge is 2.75. The third-order valence-corrected chi connectivity index (χ3v) is 9.45. The molecule has 7 atom stereocenters. The molecule has 4 fully saturated rings. The van der Waals surface area contributed by atoms with Gasteiger partial charge in [0.1, 0.15) is 11.9 Å². The number of carboxylic acid groups (broad SMARTS) is 1. The second kappa shape index (κ2) is 7.51. The van der Waals surface area contributed by atoms with Gasteiger partial charge in [-0.3, -0.25) is 19.2 Å². The molecule has 4 aliphatic rings. The molecule has 0 aromatic rings. The smallest absolute Gasteiger partial charge is 0.306 e. The monoisotopic (exact) mass is 446 g/mol. The molecule has 0 aliphatic heterocycles. The second-order valence-electron chi connectivity index (χ2n) is 11.1. The average molecular weight is 447 g/mol. The minimum Gasteiger partial charge on any atom is -0.481 e. The van der Waals surface area contributed by atoms with Crippen LogP contribution in [0.15, 0.2) is 12.2 Å². The molecule has 1 spiro atoms. The number of carbonyl (C=O) groups is 4. The first-order valence-corrected chi connectivity index (χ1v) is 11.7. The molecule has 0 radical (unpaired) electrons. The van der Waals surface area contributed by atoms with Crippen LogP contribution in [-0.4, -0.2) is 45.9 Å². The van der Waals surface area contributed by atoms with Crippen molar-refractivity contribution in [2.75, 3.05) is 0 Å². The van der Waals surface area contributed by atoms with Gasteiger partial charge in [0.15, 0.2) is 5.78 Å². The van der Waals surface area contributed by atoms with Crippen molar-refractivity contribution in [3.63, 3.8) is 0 Å². The van der Waals surface area contributed by atoms with Crippen molar-refractivity contribution in [3.8, 4) is 0 Å². The average Bonchev–Trinajstić information content (AvgIpc) is 2.81. The Morgan fingerprint density at radius 1 is 1.12 bits per heavy atom. The van der Waals surface area contributed by atoms with E-state index in [9.17, 15) is 24.3 Å². The SMILES string of the molecule is C=C1C(=O)C23C(OC(=O)CCCC(=O)O)C[C@@H]4C(C)(C)C(=O)CC[C@@]4(C)C2CCC1C3O. The predicted molar refractivity (Wildman–Crippen MR) is 114 cm³/mol. The van der Waals surface area contributed by atoms with E-state index in [1.54, 1.807) is 0 Å². The highest BCUT2D eigenvalue weighted by Crippen LogP contribution is 2.71. The van der Waals surface area contributed by atoms with Crippen LogP contribution in [0.4, 0.5) is 0 Å². The van der Waals surface area contributed by atoms with Crippen LogP contribution in [0.25, 0.3) is 0 Å². The molecule has 4 saturated carbocycles. The van der Waals surface area contributed by atoms with Crippen LogP contribution in [0.5, 0.6) is 0 Å². The molecule has 5 unspecified atom stereocenters. The van der Waals surface area contributed by atoms with Gasteiger partial charge < -0.3 is 14.9 Å². The lowest BCUT2D eigenvalue weighted by molar-refractivity contribution is -0.231. The zero-order chi connectivity index (χ0) is 23.6. The summed E-state index contributed by atoms with van der Waals surface area (Å²) < 4.78 is 5.91. The standard InChI is InChI=1S/C25H34O7/c1-13-14-8-9-15-24(4)11-10-17(26)23(2,3)16(24)12-18(25(15,21(13)30)22(14)31)32-20(29)7-5-6-19(27)28/h14-16,18,22,31H,1,5-12H2,2-4H3,(H,27,28)/t14?,15?,16-,18?,22?,24+,25?/m1/s1. The van der Waals surface area contributed by atoms with Gasteiger partial charge in [0.25, 0.3) is 0 Å². The van der Waals surface area contributed by atoms with Crippen molar-refractivity contribution in [2.24, 2.45) is 34.0 Å². The van der Waals surface area contributed by atoms with Gasteiger partial charge in [-0.2, -0.15) is 0 Å². The quantitative estimate of drug-likeness (QED) is 0.492. The number of carbonyl (C=O) groups excluding carboxylic acids is 3. The Morgan fingerprint density at radius 2 is 1.81 bits per heavy atom. The van der Waals surface area contributed by atoms with Gasteiger partial charge >= 0.3 is 11.9 Å². The van der Waals surface area contributed by atoms with Crippen LogP contribution in [0.2, 0.25) is 0 Å². The summed E-state index contributed by atoms with van der Waals surface area (Å²) in [5.74, 6) is -2.20. The number of carboxylic acids is 1. The maximum Gasteiger partial charge on any atom is 0.306 e. The first-order chi connectivity index (χ1) is 14.9. The molecule has 0 aromatic carbocycles. The minimum absolute atomic E-state index is 0.0670. The maximum atomic E-state index is 13.7. The number of esters is 1. The minimum atomic E-state index is -1.23. The van der Waals surface area contributed by atoms with Crippen molar-refractivity contribution in [2.45, 2.75) is 84.3 Å². The van der Waals surface area contributed by atoms with E-state index in [0.717, 1.165) is 6.42 Å². The summed E-state index contributed by atoms with van der Waals surface area (Å²) in [6, 6.07) is 0. The van der Waals surface area contributed by atoms with Crippen LogP contribution in [0.3, 0.4) is 0 Å². The molecule has 4 rings (SSSR count). The molecule has 2 N–H and O–H groups in total. The fourth-order valence-corrected chi connectivity index (χ4v) is 7.86. The lowest BCUT2D eigenvalue weighted by Crippen LogP contribution is -2.68. The number of aliphatic carboxylic acids is 1. The fourth-order valence-electron chi connectivity index (χ4n) is 7.86. The largest absolute Gasteiger partial charge is 0.481 e. The molecule has 2 bridgehead atoms. The number of Topliss-reactive ketones (excluding diaryl/α,β-unsaturated/α-hetero) is 2. The first-order valence-electron chi connectivity index (χ1n) is 11.7. The van der Waals surface area contributed by atoms with E-state index in [-0.39, 0.29) is 54.0 Å². The lowest BCUT2D eigenvalue weighted by Gasteiger charge is -2.64. The van der Waals surface area contributed by atoms with Crippen molar-refractivity contribution in [1.82, 2.24) is 0 Å². The Hall–Kier alpha value is -2.02. The Balaban J connectivity index is 1.74. The molecule has 7 heteroatoms. The highest BCUT2D eigenvalue weighted by molar-refractivity contribution is 6.04. The number of ketones is 2. The molecule has 32 heavy (non-hydrogen) atoms. The van der Waals surface area contributed by atoms with Crippen LogP contribution in [0.1, 0.15) is 72.1 Å². The lowest BCUT2D eigenvalue weighted by atomic mass is 9.39. The van der Waals surface area contributed by atoms with Gasteiger partial charge in [0, 0.05) is 30.6 Å². The van der Waals surface area contributed by atoms with Crippen LogP contribution in [0, 0.1) is 34.0 Å². The number of hydrogen-bond acceptors (Lipinski definition) is 6. The van der Waals surface area contributed by atoms with Crippen molar-refractivity contribution in [1.29, 1.82) is 0 Å². The molecule has 0 heterocycles. The molecule has 0 saturated heterocycles. The Morgan fingerprint density at radius 3 is 2.47 bits per heavy atom. The Labute approximate surface area is 188 Å². The number of hydrogen-bond donors (Lipinski definition) is 2. The summed E-state index contributed by atoms with van der Waals surface area (Å²) in [5, 5.41) is 20.3. The van der Waals surface area contributed by atoms with E-state index in [0.29, 0.717) is 31.3 Å². The van der Waals surface area contributed by atoms with Gasteiger partial charge in [-0.25, -0.2) is 0 Å². The molecule has 176 valence electrons. The summed E-state index contributed by atoms with van der Waals surface area (Å²) in [6.07, 6.45) is 0.940. The zero-order valence-corrected chi connectivity index (χ0v) is 19.2. The third-order valence-electron chi connectivity index (χ3n) is 9.45. The maximum absolute atomic E-state index is 13.7. The predicted octanol–water partition coefficient (Wildman–Crippen LogP) is 3.08. The van der Waals surface area contributed by atoms with E-state index >= 15 is 0 Å². The second-order valence-corrected chi connectivity index (χ2v) is 11.1. The molecule has 0 aromatic heterocycles. The normalized spacial score (nSPS) is 42.2. The topological polar surface area (TPSA) is 118 Å². The molecule has 4 aliphatic carbocycles. The van der Waals surface area contributed by atoms with Gasteiger partial charge in [0.2, 0.25) is 0 Å². The number of ether oxygens (including phenoxy) is 1. The van der Waals surface area contributed by atoms with E-state index in [2.05, 4.69) is 13.5 Å². The molecule has 0 amide bonds. The van der Waals surface area contributed by atoms with Crippen molar-refractivity contribution in [3.05, 3.63) is 12.2 Å². The van der Waals surface area contributed by atoms with Gasteiger partial charge in [-0.1, -0.05) is 27.4 Å². The summed E-state index contributed by atoms with van der Waals surface area (Å²) in [7, 11) is 0. The number of rotatable bonds is 5. The van der Waals surface area contributed by atoms with Gasteiger partial charge in [-0.15, -0.1) is 0 Å². The van der Waals surface area contributed by atoms with Crippen molar-refractivity contribution < 1.29 is 34.1 Å². The van der Waals surface area contributed by atoms with Gasteiger partial charge in [-0.05, 0) is 54.9 Å². The van der Waals surface area contributed by atoms with Crippen LogP contribution in [-0.2, 0) is 23.9 Å². The summed E-state index contributed by atoms with van der Waals surface area (Å²) in [4.78, 5) is 50.1. The summed E-state index contributed by atoms with van der Waals surface area (Å²) in [5.41, 5.74) is -1.77. The first kappa shape index (κ1) is 23.1. The summed E-state index contributed by atoms with van der Waals surface area (Å²) in [6.45, 7) is 10.0. The number of aliphatic hydroxyl groups excluding tert-OH is 1. The van der Waals surface area contributed by atoms with E-state index in [4.69, 9.17) is 9.84 Å². The third kappa shape index (κ3) is 2.96. The zero-order valence-electron chi connectivity index (χ0n) is 19.2. The highest BCUT2D eigenvalue weighted by atomic mass is 16.5. The van der Waals surface area contributed by atoms with Gasteiger partial charge in [0.05, 0.1) is 11.5 Å². The van der Waals surface area contributed by atoms with E-state index in [1.165, 1.54) is 0 Å². The molecule has 7 nitrogen and oxygen atoms in total. The Kier molecular flexibility index (Phi) is 5.43. The van der Waals surface area contributed by atoms with Crippen LogP contribution >= 0.6 is 0 Å². The Bertz CT molecular complexity index is 889. The number of fused-ring (bicyclic) bond motifs is 3. The number of aliphatic hydroxyl groups is 1. The van der Waals surface area contributed by atoms with Crippen molar-refractivity contribution >= 4 is 23.5 Å². The van der Waals surface area contributed by atoms with E-state index in [1.807, 2.05) is 13.8 Å². The van der Waals surface area contributed by atoms with Crippen LogP contribution < -0.4 is 0 Å². The summed E-state index contributed by atoms with van der Waals surface area (Å²) >= 11 is 0. The van der Waals surface area contributed by atoms with E-state index < -0.39 is 35.0 Å². The molecular weight excluding hydrogens is 412 g/mol. The molecular formula is C25H34O7.